The second kappa shape index (κ2) is 5.90. The summed E-state index contributed by atoms with van der Waals surface area (Å²) in [6.45, 7) is 4.28. The van der Waals surface area contributed by atoms with Gasteiger partial charge in [-0.25, -0.2) is 4.98 Å². The summed E-state index contributed by atoms with van der Waals surface area (Å²) in [5, 5.41) is 0. The van der Waals surface area contributed by atoms with Crippen molar-refractivity contribution in [1.29, 1.82) is 0 Å². The summed E-state index contributed by atoms with van der Waals surface area (Å²) in [5.74, 6) is 1.61. The molecular formula is C18H19ClN2. The first-order chi connectivity index (χ1) is 10.2. The van der Waals surface area contributed by atoms with Gasteiger partial charge in [0.1, 0.15) is 5.82 Å². The lowest BCUT2D eigenvalue weighted by Crippen LogP contribution is -2.05. The fourth-order valence-electron chi connectivity index (χ4n) is 2.79. The number of hydrogen-bond donors (Lipinski definition) is 0. The van der Waals surface area contributed by atoms with Gasteiger partial charge in [0.15, 0.2) is 0 Å². The van der Waals surface area contributed by atoms with E-state index in [1.54, 1.807) is 0 Å². The molecule has 1 aromatic heterocycles. The molecule has 0 aliphatic carbocycles. The molecule has 0 saturated carbocycles. The first kappa shape index (κ1) is 14.2. The van der Waals surface area contributed by atoms with Gasteiger partial charge in [0.2, 0.25) is 0 Å². The van der Waals surface area contributed by atoms with E-state index in [2.05, 4.69) is 60.9 Å². The summed E-state index contributed by atoms with van der Waals surface area (Å²) >= 11 is 5.97. The minimum atomic E-state index is 0.580. The van der Waals surface area contributed by atoms with Gasteiger partial charge in [-0.1, -0.05) is 31.2 Å². The predicted molar refractivity (Wildman–Crippen MR) is 89.6 cm³/mol. The van der Waals surface area contributed by atoms with Crippen molar-refractivity contribution in [3.05, 3.63) is 59.4 Å². The lowest BCUT2D eigenvalue weighted by molar-refractivity contribution is 0.899. The topological polar surface area (TPSA) is 17.8 Å². The molecule has 0 unspecified atom stereocenters. The van der Waals surface area contributed by atoms with Crippen LogP contribution < -0.4 is 0 Å². The number of benzene rings is 2. The molecule has 3 aromatic rings. The maximum Gasteiger partial charge on any atom is 0.115 e. The lowest BCUT2D eigenvalue weighted by atomic mass is 10.1. The van der Waals surface area contributed by atoms with Crippen molar-refractivity contribution in [3.8, 4) is 5.69 Å². The largest absolute Gasteiger partial charge is 0.296 e. The quantitative estimate of drug-likeness (QED) is 0.640. The third-order valence-electron chi connectivity index (χ3n) is 3.81. The number of alkyl halides is 1. The maximum absolute atomic E-state index is 5.97. The normalized spacial score (nSPS) is 11.2. The Kier molecular flexibility index (Phi) is 3.98. The molecule has 21 heavy (non-hydrogen) atoms. The van der Waals surface area contributed by atoms with Gasteiger partial charge in [0.05, 0.1) is 16.7 Å². The predicted octanol–water partition coefficient (Wildman–Crippen LogP) is 4.68. The molecule has 0 N–H and O–H groups in total. The molecule has 0 fully saturated rings. The van der Waals surface area contributed by atoms with E-state index >= 15 is 0 Å². The molecule has 0 aliphatic heterocycles. The third-order valence-corrected chi connectivity index (χ3v) is 4.00. The van der Waals surface area contributed by atoms with E-state index in [1.807, 2.05) is 0 Å². The number of fused-ring (bicyclic) bond motifs is 1. The van der Waals surface area contributed by atoms with Crippen LogP contribution in [0.5, 0.6) is 0 Å². The summed E-state index contributed by atoms with van der Waals surface area (Å²) in [4.78, 5) is 4.79. The summed E-state index contributed by atoms with van der Waals surface area (Å²) < 4.78 is 2.26. The van der Waals surface area contributed by atoms with Gasteiger partial charge in [-0.2, -0.15) is 0 Å². The van der Waals surface area contributed by atoms with Gasteiger partial charge in [0.25, 0.3) is 0 Å². The molecule has 0 saturated heterocycles. The molecule has 2 nitrogen and oxygen atoms in total. The number of hydrogen-bond acceptors (Lipinski definition) is 1. The Balaban J connectivity index is 2.31. The number of halogens is 1. The van der Waals surface area contributed by atoms with E-state index in [9.17, 15) is 0 Å². The molecule has 0 radical (unpaired) electrons. The Morgan fingerprint density at radius 2 is 1.95 bits per heavy atom. The van der Waals surface area contributed by atoms with Crippen LogP contribution in [0.3, 0.4) is 0 Å². The van der Waals surface area contributed by atoms with Gasteiger partial charge in [-0.05, 0) is 42.7 Å². The van der Waals surface area contributed by atoms with Crippen molar-refractivity contribution < 1.29 is 0 Å². The number of para-hydroxylation sites is 1. The minimum absolute atomic E-state index is 0.580. The maximum atomic E-state index is 5.97. The fourth-order valence-corrected chi connectivity index (χ4v) is 2.96. The van der Waals surface area contributed by atoms with Crippen molar-refractivity contribution in [1.82, 2.24) is 9.55 Å². The SMILES string of the molecule is CCc1ccccc1-n1c(CCCl)nc2cc(C)ccc21. The average Bonchev–Trinajstić information content (AvgIpc) is 2.84. The number of rotatable bonds is 4. The summed E-state index contributed by atoms with van der Waals surface area (Å²) in [5.41, 5.74) is 5.97. The molecule has 0 spiro atoms. The average molecular weight is 299 g/mol. The molecule has 0 amide bonds. The first-order valence-corrected chi connectivity index (χ1v) is 7.90. The highest BCUT2D eigenvalue weighted by atomic mass is 35.5. The van der Waals surface area contributed by atoms with Gasteiger partial charge >= 0.3 is 0 Å². The summed E-state index contributed by atoms with van der Waals surface area (Å²) in [6.07, 6.45) is 1.77. The van der Waals surface area contributed by atoms with E-state index in [0.29, 0.717) is 5.88 Å². The van der Waals surface area contributed by atoms with E-state index in [1.165, 1.54) is 16.8 Å². The second-order valence-electron chi connectivity index (χ2n) is 5.28. The molecule has 0 atom stereocenters. The van der Waals surface area contributed by atoms with Crippen molar-refractivity contribution in [2.75, 3.05) is 5.88 Å². The van der Waals surface area contributed by atoms with Gasteiger partial charge in [0, 0.05) is 12.3 Å². The Labute approximate surface area is 130 Å². The summed E-state index contributed by atoms with van der Waals surface area (Å²) in [7, 11) is 0. The van der Waals surface area contributed by atoms with Crippen LogP contribution in [0, 0.1) is 6.92 Å². The molecular weight excluding hydrogens is 280 g/mol. The van der Waals surface area contributed by atoms with E-state index < -0.39 is 0 Å². The second-order valence-corrected chi connectivity index (χ2v) is 5.65. The van der Waals surface area contributed by atoms with Crippen molar-refractivity contribution in [2.45, 2.75) is 26.7 Å². The standard InChI is InChI=1S/C18H19ClN2/c1-3-14-6-4-5-7-16(14)21-17-9-8-13(2)12-15(17)20-18(21)10-11-19/h4-9,12H,3,10-11H2,1-2H3. The van der Waals surface area contributed by atoms with Crippen LogP contribution in [-0.2, 0) is 12.8 Å². The Hall–Kier alpha value is -1.80. The monoisotopic (exact) mass is 298 g/mol. The van der Waals surface area contributed by atoms with Crippen molar-refractivity contribution >= 4 is 22.6 Å². The highest BCUT2D eigenvalue weighted by Crippen LogP contribution is 2.25. The van der Waals surface area contributed by atoms with Crippen molar-refractivity contribution in [3.63, 3.8) is 0 Å². The zero-order valence-corrected chi connectivity index (χ0v) is 13.2. The van der Waals surface area contributed by atoms with Gasteiger partial charge in [-0.3, -0.25) is 4.57 Å². The van der Waals surface area contributed by atoms with E-state index in [4.69, 9.17) is 16.6 Å². The number of aryl methyl sites for hydroxylation is 3. The van der Waals surface area contributed by atoms with E-state index in [-0.39, 0.29) is 0 Å². The van der Waals surface area contributed by atoms with Crippen LogP contribution in [0.2, 0.25) is 0 Å². The van der Waals surface area contributed by atoms with Crippen LogP contribution in [-0.4, -0.2) is 15.4 Å². The minimum Gasteiger partial charge on any atom is -0.296 e. The smallest absolute Gasteiger partial charge is 0.115 e. The van der Waals surface area contributed by atoms with Crippen LogP contribution in [0.25, 0.3) is 16.7 Å². The molecule has 2 aromatic carbocycles. The van der Waals surface area contributed by atoms with E-state index in [0.717, 1.165) is 29.7 Å². The van der Waals surface area contributed by atoms with Crippen LogP contribution in [0.4, 0.5) is 0 Å². The molecule has 3 rings (SSSR count). The number of nitrogens with zero attached hydrogens (tertiary/aromatic N) is 2. The Morgan fingerprint density at radius 1 is 1.14 bits per heavy atom. The fraction of sp³-hybridized carbons (Fsp3) is 0.278. The highest BCUT2D eigenvalue weighted by molar-refractivity contribution is 6.17. The molecule has 3 heteroatoms. The molecule has 108 valence electrons. The zero-order valence-electron chi connectivity index (χ0n) is 12.4. The van der Waals surface area contributed by atoms with Crippen LogP contribution >= 0.6 is 11.6 Å². The number of imidazole rings is 1. The van der Waals surface area contributed by atoms with Gasteiger partial charge in [-0.15, -0.1) is 11.6 Å². The van der Waals surface area contributed by atoms with Crippen LogP contribution in [0.1, 0.15) is 23.9 Å². The Morgan fingerprint density at radius 3 is 2.71 bits per heavy atom. The molecule has 0 bridgehead atoms. The van der Waals surface area contributed by atoms with Gasteiger partial charge < -0.3 is 0 Å². The van der Waals surface area contributed by atoms with Crippen molar-refractivity contribution in [2.24, 2.45) is 0 Å². The van der Waals surface area contributed by atoms with Crippen LogP contribution in [0.15, 0.2) is 42.5 Å². The number of aromatic nitrogens is 2. The first-order valence-electron chi connectivity index (χ1n) is 7.36. The highest BCUT2D eigenvalue weighted by Gasteiger charge is 2.14. The Bertz CT molecular complexity index is 774. The molecule has 1 heterocycles. The third kappa shape index (κ3) is 2.56. The lowest BCUT2D eigenvalue weighted by Gasteiger charge is -2.13. The zero-order chi connectivity index (χ0) is 14.8. The molecule has 0 aliphatic rings. The summed E-state index contributed by atoms with van der Waals surface area (Å²) in [6, 6.07) is 14.9.